The van der Waals surface area contributed by atoms with Crippen LogP contribution < -0.4 is 5.32 Å². The Hall–Kier alpha value is -1.00. The maximum atomic E-state index is 4.65. The standard InChI is InChI=1S/C16H23N3S/c1-19-15-8-4-3-7-13(15)14(18-19)11-17-12-16(20-2)9-5-6-10-16/h3-4,7-8,17H,5-6,9-12H2,1-2H3. The predicted octanol–water partition coefficient (Wildman–Crippen LogP) is 3.34. The topological polar surface area (TPSA) is 29.9 Å². The molecule has 1 N–H and O–H groups in total. The van der Waals surface area contributed by atoms with Crippen LogP contribution in [0.25, 0.3) is 10.9 Å². The van der Waals surface area contributed by atoms with E-state index in [9.17, 15) is 0 Å². The van der Waals surface area contributed by atoms with Gasteiger partial charge in [-0.3, -0.25) is 4.68 Å². The summed E-state index contributed by atoms with van der Waals surface area (Å²) in [5, 5.41) is 9.56. The third-order valence-corrected chi connectivity index (χ3v) is 5.94. The highest BCUT2D eigenvalue weighted by Gasteiger charge is 2.32. The Morgan fingerprint density at radius 1 is 1.30 bits per heavy atom. The van der Waals surface area contributed by atoms with E-state index in [2.05, 4.69) is 40.9 Å². The number of nitrogens with zero attached hydrogens (tertiary/aromatic N) is 2. The van der Waals surface area contributed by atoms with Crippen LogP contribution in [0.15, 0.2) is 24.3 Å². The first-order valence-electron chi connectivity index (χ1n) is 7.41. The number of thioether (sulfide) groups is 1. The molecule has 1 fully saturated rings. The molecule has 1 heterocycles. The Kier molecular flexibility index (Phi) is 4.03. The first-order chi connectivity index (χ1) is 9.74. The summed E-state index contributed by atoms with van der Waals surface area (Å²) in [5.41, 5.74) is 2.38. The van der Waals surface area contributed by atoms with Gasteiger partial charge in [0.25, 0.3) is 0 Å². The molecule has 0 aliphatic heterocycles. The van der Waals surface area contributed by atoms with Crippen molar-refractivity contribution in [1.29, 1.82) is 0 Å². The van der Waals surface area contributed by atoms with Gasteiger partial charge in [-0.25, -0.2) is 0 Å². The summed E-state index contributed by atoms with van der Waals surface area (Å²) >= 11 is 2.04. The number of rotatable bonds is 5. The highest BCUT2D eigenvalue weighted by molar-refractivity contribution is 8.00. The Bertz CT molecular complexity index is 584. The van der Waals surface area contributed by atoms with E-state index < -0.39 is 0 Å². The maximum Gasteiger partial charge on any atom is 0.0841 e. The van der Waals surface area contributed by atoms with Gasteiger partial charge >= 0.3 is 0 Å². The molecular formula is C16H23N3S. The van der Waals surface area contributed by atoms with Crippen molar-refractivity contribution in [2.45, 2.75) is 37.0 Å². The molecular weight excluding hydrogens is 266 g/mol. The van der Waals surface area contributed by atoms with Crippen molar-refractivity contribution in [3.8, 4) is 0 Å². The van der Waals surface area contributed by atoms with Crippen LogP contribution in [0.4, 0.5) is 0 Å². The zero-order valence-corrected chi connectivity index (χ0v) is 13.2. The monoisotopic (exact) mass is 289 g/mol. The van der Waals surface area contributed by atoms with Gasteiger partial charge in [-0.2, -0.15) is 16.9 Å². The minimum absolute atomic E-state index is 0.463. The molecule has 0 radical (unpaired) electrons. The molecule has 0 atom stereocenters. The van der Waals surface area contributed by atoms with Gasteiger partial charge < -0.3 is 5.32 Å². The van der Waals surface area contributed by atoms with Crippen molar-refractivity contribution in [1.82, 2.24) is 15.1 Å². The van der Waals surface area contributed by atoms with Crippen LogP contribution in [0.2, 0.25) is 0 Å². The minimum atomic E-state index is 0.463. The molecule has 0 saturated heterocycles. The highest BCUT2D eigenvalue weighted by Crippen LogP contribution is 2.39. The van der Waals surface area contributed by atoms with E-state index in [0.29, 0.717) is 4.75 Å². The Balaban J connectivity index is 1.68. The average molecular weight is 289 g/mol. The van der Waals surface area contributed by atoms with Crippen LogP contribution in [0.5, 0.6) is 0 Å². The van der Waals surface area contributed by atoms with Gasteiger partial charge in [0.2, 0.25) is 0 Å². The lowest BCUT2D eigenvalue weighted by Crippen LogP contribution is -2.34. The molecule has 3 rings (SSSR count). The second kappa shape index (κ2) is 5.78. The number of hydrogen-bond donors (Lipinski definition) is 1. The fourth-order valence-corrected chi connectivity index (χ4v) is 4.24. The molecule has 0 spiro atoms. The van der Waals surface area contributed by atoms with Crippen molar-refractivity contribution in [2.75, 3.05) is 12.8 Å². The fourth-order valence-electron chi connectivity index (χ4n) is 3.30. The van der Waals surface area contributed by atoms with Crippen LogP contribution >= 0.6 is 11.8 Å². The van der Waals surface area contributed by atoms with E-state index in [1.165, 1.54) is 36.6 Å². The molecule has 1 aromatic carbocycles. The molecule has 1 aromatic heterocycles. The maximum absolute atomic E-state index is 4.65. The molecule has 1 saturated carbocycles. The summed E-state index contributed by atoms with van der Waals surface area (Å²) < 4.78 is 2.44. The average Bonchev–Trinajstić information content (AvgIpc) is 3.06. The lowest BCUT2D eigenvalue weighted by Gasteiger charge is -2.26. The van der Waals surface area contributed by atoms with Crippen LogP contribution in [0.1, 0.15) is 31.4 Å². The number of hydrogen-bond acceptors (Lipinski definition) is 3. The van der Waals surface area contributed by atoms with Crippen LogP contribution in [-0.2, 0) is 13.6 Å². The number of benzene rings is 1. The molecule has 0 amide bonds. The van der Waals surface area contributed by atoms with Gasteiger partial charge in [0.15, 0.2) is 0 Å². The molecule has 108 valence electrons. The van der Waals surface area contributed by atoms with E-state index in [1.807, 2.05) is 23.5 Å². The third-order valence-electron chi connectivity index (χ3n) is 4.52. The van der Waals surface area contributed by atoms with Crippen LogP contribution in [0.3, 0.4) is 0 Å². The fraction of sp³-hybridized carbons (Fsp3) is 0.562. The quantitative estimate of drug-likeness (QED) is 0.915. The lowest BCUT2D eigenvalue weighted by atomic mass is 10.1. The molecule has 3 nitrogen and oxygen atoms in total. The van der Waals surface area contributed by atoms with Crippen LogP contribution in [0, 0.1) is 0 Å². The first kappa shape index (κ1) is 14.0. The van der Waals surface area contributed by atoms with Gasteiger partial charge in [0, 0.05) is 30.3 Å². The van der Waals surface area contributed by atoms with Gasteiger partial charge in [-0.05, 0) is 25.2 Å². The van der Waals surface area contributed by atoms with Gasteiger partial charge in [0.05, 0.1) is 11.2 Å². The minimum Gasteiger partial charge on any atom is -0.310 e. The zero-order valence-electron chi connectivity index (χ0n) is 12.4. The van der Waals surface area contributed by atoms with Gasteiger partial charge in [0.1, 0.15) is 0 Å². The number of aryl methyl sites for hydroxylation is 1. The summed E-state index contributed by atoms with van der Waals surface area (Å²) in [7, 11) is 2.02. The largest absolute Gasteiger partial charge is 0.310 e. The summed E-state index contributed by atoms with van der Waals surface area (Å²) in [6, 6.07) is 8.46. The Morgan fingerprint density at radius 2 is 2.05 bits per heavy atom. The van der Waals surface area contributed by atoms with Crippen molar-refractivity contribution in [2.24, 2.45) is 7.05 Å². The zero-order chi connectivity index (χ0) is 14.0. The number of nitrogens with one attached hydrogen (secondary N) is 1. The van der Waals surface area contributed by atoms with E-state index in [-0.39, 0.29) is 0 Å². The second-order valence-electron chi connectivity index (χ2n) is 5.79. The summed E-state index contributed by atoms with van der Waals surface area (Å²) in [4.78, 5) is 0. The van der Waals surface area contributed by atoms with Crippen molar-refractivity contribution in [3.63, 3.8) is 0 Å². The molecule has 0 bridgehead atoms. The van der Waals surface area contributed by atoms with Gasteiger partial charge in [-0.1, -0.05) is 31.0 Å². The van der Waals surface area contributed by atoms with E-state index in [1.54, 1.807) is 0 Å². The first-order valence-corrected chi connectivity index (χ1v) is 8.63. The molecule has 1 aliphatic carbocycles. The second-order valence-corrected chi connectivity index (χ2v) is 7.06. The lowest BCUT2D eigenvalue weighted by molar-refractivity contribution is 0.529. The molecule has 20 heavy (non-hydrogen) atoms. The Morgan fingerprint density at radius 3 is 2.80 bits per heavy atom. The highest BCUT2D eigenvalue weighted by atomic mass is 32.2. The van der Waals surface area contributed by atoms with E-state index >= 15 is 0 Å². The summed E-state index contributed by atoms with van der Waals surface area (Å²) in [5.74, 6) is 0. The predicted molar refractivity (Wildman–Crippen MR) is 87.1 cm³/mol. The normalized spacial score (nSPS) is 17.9. The van der Waals surface area contributed by atoms with E-state index in [4.69, 9.17) is 0 Å². The third kappa shape index (κ3) is 2.59. The SMILES string of the molecule is CSC1(CNCc2nn(C)c3ccccc23)CCCC1. The molecule has 2 aromatic rings. The number of para-hydroxylation sites is 1. The van der Waals surface area contributed by atoms with Gasteiger partial charge in [-0.15, -0.1) is 0 Å². The van der Waals surface area contributed by atoms with Crippen LogP contribution in [-0.4, -0.2) is 27.3 Å². The number of fused-ring (bicyclic) bond motifs is 1. The molecule has 0 unspecified atom stereocenters. The Labute approximate surface area is 125 Å². The smallest absolute Gasteiger partial charge is 0.0841 e. The number of aromatic nitrogens is 2. The summed E-state index contributed by atoms with van der Waals surface area (Å²) in [6.07, 6.45) is 7.72. The molecule has 4 heteroatoms. The summed E-state index contributed by atoms with van der Waals surface area (Å²) in [6.45, 7) is 1.96. The van der Waals surface area contributed by atoms with Crippen molar-refractivity contribution < 1.29 is 0 Å². The van der Waals surface area contributed by atoms with Crippen molar-refractivity contribution >= 4 is 22.7 Å². The van der Waals surface area contributed by atoms with Crippen molar-refractivity contribution in [3.05, 3.63) is 30.0 Å². The molecule has 1 aliphatic rings. The van der Waals surface area contributed by atoms with E-state index in [0.717, 1.165) is 18.8 Å².